The maximum absolute atomic E-state index is 12.8. The number of hydrogen-bond donors (Lipinski definition) is 0. The molecule has 0 unspecified atom stereocenters. The van der Waals surface area contributed by atoms with Crippen LogP contribution in [0.4, 0.5) is 0 Å². The lowest BCUT2D eigenvalue weighted by Crippen LogP contribution is -2.50. The highest BCUT2D eigenvalue weighted by Crippen LogP contribution is 2.20. The lowest BCUT2D eigenvalue weighted by atomic mass is 10.2. The van der Waals surface area contributed by atoms with Crippen molar-refractivity contribution >= 4 is 15.9 Å². The van der Waals surface area contributed by atoms with Gasteiger partial charge in [0, 0.05) is 32.6 Å². The number of nitrogens with zero attached hydrogens (tertiary/aromatic N) is 5. The minimum Gasteiger partial charge on any atom is -0.340 e. The maximum atomic E-state index is 12.8. The summed E-state index contributed by atoms with van der Waals surface area (Å²) in [7, 11) is -3.52. The van der Waals surface area contributed by atoms with Crippen molar-refractivity contribution in [3.8, 4) is 0 Å². The smallest absolute Gasteiger partial charge is 0.243 e. The first-order chi connectivity index (χ1) is 13.2. The Morgan fingerprint density at radius 2 is 1.68 bits per heavy atom. The van der Waals surface area contributed by atoms with Gasteiger partial charge in [-0.05, 0) is 39.8 Å². The molecule has 0 bridgehead atoms. The molecule has 0 spiro atoms. The fourth-order valence-electron chi connectivity index (χ4n) is 3.46. The van der Waals surface area contributed by atoms with Crippen LogP contribution in [0, 0.1) is 20.8 Å². The number of hydrogen-bond acceptors (Lipinski definition) is 5. The van der Waals surface area contributed by atoms with Gasteiger partial charge < -0.3 is 4.90 Å². The van der Waals surface area contributed by atoms with Gasteiger partial charge in [-0.2, -0.15) is 9.40 Å². The Morgan fingerprint density at radius 3 is 2.21 bits per heavy atom. The van der Waals surface area contributed by atoms with Gasteiger partial charge >= 0.3 is 0 Å². The quantitative estimate of drug-likeness (QED) is 0.755. The number of rotatable bonds is 5. The second-order valence-electron chi connectivity index (χ2n) is 7.30. The van der Waals surface area contributed by atoms with Crippen molar-refractivity contribution in [2.24, 2.45) is 0 Å². The highest BCUT2D eigenvalue weighted by molar-refractivity contribution is 7.89. The summed E-state index contributed by atoms with van der Waals surface area (Å²) in [6.45, 7) is 8.95. The van der Waals surface area contributed by atoms with Gasteiger partial charge in [-0.25, -0.2) is 18.1 Å². The zero-order valence-corrected chi connectivity index (χ0v) is 17.6. The molecule has 1 amide bonds. The van der Waals surface area contributed by atoms with Crippen LogP contribution in [0.1, 0.15) is 36.6 Å². The van der Waals surface area contributed by atoms with E-state index >= 15 is 0 Å². The Morgan fingerprint density at radius 1 is 1.07 bits per heavy atom. The Kier molecular flexibility index (Phi) is 5.85. The van der Waals surface area contributed by atoms with E-state index in [4.69, 9.17) is 0 Å². The second kappa shape index (κ2) is 8.00. The van der Waals surface area contributed by atoms with Gasteiger partial charge in [0.05, 0.1) is 10.9 Å². The third kappa shape index (κ3) is 4.25. The van der Waals surface area contributed by atoms with Crippen LogP contribution in [0.5, 0.6) is 0 Å². The summed E-state index contributed by atoms with van der Waals surface area (Å²) in [6.07, 6.45) is 0.314. The lowest BCUT2D eigenvalue weighted by molar-refractivity contribution is -0.133. The topological polar surface area (TPSA) is 88.4 Å². The number of carbonyl (C=O) groups is 1. The summed E-state index contributed by atoms with van der Waals surface area (Å²) < 4.78 is 28.8. The van der Waals surface area contributed by atoms with E-state index in [2.05, 4.69) is 10.1 Å². The number of amides is 1. The van der Waals surface area contributed by atoms with Crippen molar-refractivity contribution in [3.05, 3.63) is 41.5 Å². The van der Waals surface area contributed by atoms with E-state index < -0.39 is 10.0 Å². The van der Waals surface area contributed by atoms with E-state index in [9.17, 15) is 13.2 Å². The standard InChI is InChI=1S/C19H27N5O3S/c1-14-5-7-18(8-6-14)28(26,27)23-11-9-22(10-12-23)19(25)13-15(2)24-17(4)20-16(3)21-24/h5-8,15H,9-13H2,1-4H3/t15-/m1/s1. The zero-order chi connectivity index (χ0) is 20.5. The van der Waals surface area contributed by atoms with Gasteiger partial charge in [0.2, 0.25) is 15.9 Å². The molecule has 2 aromatic rings. The lowest BCUT2D eigenvalue weighted by Gasteiger charge is -2.34. The summed E-state index contributed by atoms with van der Waals surface area (Å²) in [4.78, 5) is 19.0. The van der Waals surface area contributed by atoms with E-state index in [-0.39, 0.29) is 11.9 Å². The second-order valence-corrected chi connectivity index (χ2v) is 9.24. The predicted molar refractivity (Wildman–Crippen MR) is 105 cm³/mol. The SMILES string of the molecule is Cc1ccc(S(=O)(=O)N2CCN(C(=O)C[C@@H](C)n3nc(C)nc3C)CC2)cc1. The van der Waals surface area contributed by atoms with E-state index in [1.54, 1.807) is 33.8 Å². The minimum absolute atomic E-state index is 0.00689. The fourth-order valence-corrected chi connectivity index (χ4v) is 4.88. The molecule has 1 aliphatic heterocycles. The van der Waals surface area contributed by atoms with Crippen molar-refractivity contribution in [1.82, 2.24) is 24.0 Å². The monoisotopic (exact) mass is 405 g/mol. The number of aryl methyl sites for hydroxylation is 3. The Hall–Kier alpha value is -2.26. The average molecular weight is 406 g/mol. The van der Waals surface area contributed by atoms with Crippen LogP contribution in [0.3, 0.4) is 0 Å². The molecule has 1 aliphatic rings. The zero-order valence-electron chi connectivity index (χ0n) is 16.8. The van der Waals surface area contributed by atoms with Crippen molar-refractivity contribution in [2.45, 2.75) is 45.1 Å². The summed E-state index contributed by atoms with van der Waals surface area (Å²) in [5, 5.41) is 4.34. The van der Waals surface area contributed by atoms with Gasteiger partial charge in [-0.1, -0.05) is 17.7 Å². The molecule has 2 heterocycles. The van der Waals surface area contributed by atoms with Gasteiger partial charge in [0.15, 0.2) is 0 Å². The van der Waals surface area contributed by atoms with Crippen LogP contribution in [0.15, 0.2) is 29.2 Å². The first kappa shape index (κ1) is 20.5. The number of carbonyl (C=O) groups excluding carboxylic acids is 1. The Balaban J connectivity index is 1.59. The van der Waals surface area contributed by atoms with Crippen molar-refractivity contribution < 1.29 is 13.2 Å². The summed E-state index contributed by atoms with van der Waals surface area (Å²) in [5.74, 6) is 1.48. The highest BCUT2D eigenvalue weighted by atomic mass is 32.2. The molecule has 1 saturated heterocycles. The van der Waals surface area contributed by atoms with Gasteiger partial charge in [0.1, 0.15) is 11.6 Å². The number of piperazine rings is 1. The summed E-state index contributed by atoms with van der Waals surface area (Å²) in [6, 6.07) is 6.76. The van der Waals surface area contributed by atoms with Crippen LogP contribution in [0.2, 0.25) is 0 Å². The molecular formula is C19H27N5O3S. The van der Waals surface area contributed by atoms with Crippen LogP contribution < -0.4 is 0 Å². The third-order valence-corrected chi connectivity index (χ3v) is 6.96. The molecule has 0 N–H and O–H groups in total. The molecule has 1 aromatic carbocycles. The molecule has 1 fully saturated rings. The molecule has 1 atom stereocenters. The van der Waals surface area contributed by atoms with Crippen molar-refractivity contribution in [1.29, 1.82) is 0 Å². The Labute approximate surface area is 166 Å². The van der Waals surface area contributed by atoms with E-state index in [1.807, 2.05) is 27.7 Å². The first-order valence-electron chi connectivity index (χ1n) is 9.43. The van der Waals surface area contributed by atoms with Crippen LogP contribution in [0.25, 0.3) is 0 Å². The molecule has 0 aliphatic carbocycles. The van der Waals surface area contributed by atoms with Gasteiger partial charge in [-0.3, -0.25) is 4.79 Å². The van der Waals surface area contributed by atoms with Crippen LogP contribution in [-0.4, -0.2) is 64.5 Å². The van der Waals surface area contributed by atoms with Crippen LogP contribution >= 0.6 is 0 Å². The van der Waals surface area contributed by atoms with E-state index in [0.717, 1.165) is 11.4 Å². The molecule has 8 nitrogen and oxygen atoms in total. The molecule has 1 aromatic heterocycles. The number of sulfonamides is 1. The predicted octanol–water partition coefficient (Wildman–Crippen LogP) is 1.69. The summed E-state index contributed by atoms with van der Waals surface area (Å²) in [5.41, 5.74) is 1.02. The summed E-state index contributed by atoms with van der Waals surface area (Å²) >= 11 is 0. The normalized spacial score (nSPS) is 16.9. The van der Waals surface area contributed by atoms with E-state index in [0.29, 0.717) is 43.3 Å². The molecule has 0 radical (unpaired) electrons. The average Bonchev–Trinajstić information content (AvgIpc) is 3.00. The molecule has 152 valence electrons. The highest BCUT2D eigenvalue weighted by Gasteiger charge is 2.30. The third-order valence-electron chi connectivity index (χ3n) is 5.05. The molecule has 28 heavy (non-hydrogen) atoms. The van der Waals surface area contributed by atoms with Crippen molar-refractivity contribution in [3.63, 3.8) is 0 Å². The molecule has 9 heteroatoms. The van der Waals surface area contributed by atoms with Gasteiger partial charge in [-0.15, -0.1) is 0 Å². The van der Waals surface area contributed by atoms with E-state index in [1.165, 1.54) is 4.31 Å². The first-order valence-corrected chi connectivity index (χ1v) is 10.9. The largest absolute Gasteiger partial charge is 0.340 e. The van der Waals surface area contributed by atoms with Crippen LogP contribution in [-0.2, 0) is 14.8 Å². The Bertz CT molecular complexity index is 944. The number of benzene rings is 1. The molecule has 0 saturated carbocycles. The number of aromatic nitrogens is 3. The molecule has 3 rings (SSSR count). The minimum atomic E-state index is -3.52. The fraction of sp³-hybridized carbons (Fsp3) is 0.526. The molecular weight excluding hydrogens is 378 g/mol. The van der Waals surface area contributed by atoms with Gasteiger partial charge in [0.25, 0.3) is 0 Å². The van der Waals surface area contributed by atoms with Crippen molar-refractivity contribution in [2.75, 3.05) is 26.2 Å². The maximum Gasteiger partial charge on any atom is 0.243 e.